The molecule has 0 aliphatic rings. The quantitative estimate of drug-likeness (QED) is 0.777. The van der Waals surface area contributed by atoms with Crippen molar-refractivity contribution in [2.24, 2.45) is 0 Å². The predicted molar refractivity (Wildman–Crippen MR) is 94.2 cm³/mol. The Bertz CT molecular complexity index is 968. The van der Waals surface area contributed by atoms with E-state index >= 15 is 0 Å². The largest absolute Gasteiger partial charge is 0.497 e. The molecule has 0 aliphatic carbocycles. The van der Waals surface area contributed by atoms with E-state index in [9.17, 15) is 10.1 Å². The fourth-order valence-corrected chi connectivity index (χ4v) is 2.58. The molecule has 3 aromatic rings. The Balaban J connectivity index is 2.18. The van der Waals surface area contributed by atoms with Crippen LogP contribution in [0.3, 0.4) is 0 Å². The van der Waals surface area contributed by atoms with Crippen molar-refractivity contribution in [1.82, 2.24) is 4.98 Å². The maximum Gasteiger partial charge on any atom is 0.266 e. The number of nitriles is 1. The van der Waals surface area contributed by atoms with Crippen LogP contribution >= 0.6 is 11.6 Å². The lowest BCUT2D eigenvalue weighted by Crippen LogP contribution is -2.12. The van der Waals surface area contributed by atoms with Crippen molar-refractivity contribution in [3.05, 3.63) is 75.5 Å². The first-order chi connectivity index (χ1) is 11.6. The minimum absolute atomic E-state index is 0.0814. The van der Waals surface area contributed by atoms with Gasteiger partial charge in [0, 0.05) is 16.3 Å². The SMILES string of the molecule is COc1ccc(-c2cc(-c3ccc(Cl)cc3)[nH]c(=O)c2C#N)cc1. The number of rotatable bonds is 3. The van der Waals surface area contributed by atoms with Gasteiger partial charge in [-0.3, -0.25) is 4.79 Å². The fraction of sp³-hybridized carbons (Fsp3) is 0.0526. The number of benzene rings is 2. The van der Waals surface area contributed by atoms with Gasteiger partial charge < -0.3 is 9.72 Å². The number of pyridine rings is 1. The van der Waals surface area contributed by atoms with E-state index in [2.05, 4.69) is 4.98 Å². The highest BCUT2D eigenvalue weighted by atomic mass is 35.5. The molecule has 0 saturated carbocycles. The first kappa shape index (κ1) is 15.9. The molecule has 4 nitrogen and oxygen atoms in total. The van der Waals surface area contributed by atoms with Crippen molar-refractivity contribution in [3.8, 4) is 34.2 Å². The van der Waals surface area contributed by atoms with Crippen molar-refractivity contribution in [3.63, 3.8) is 0 Å². The van der Waals surface area contributed by atoms with E-state index in [-0.39, 0.29) is 5.56 Å². The fourth-order valence-electron chi connectivity index (χ4n) is 2.45. The number of halogens is 1. The number of ether oxygens (including phenoxy) is 1. The summed E-state index contributed by atoms with van der Waals surface area (Å²) in [7, 11) is 1.58. The second kappa shape index (κ2) is 6.61. The molecule has 0 spiro atoms. The molecule has 118 valence electrons. The lowest BCUT2D eigenvalue weighted by molar-refractivity contribution is 0.415. The Kier molecular flexibility index (Phi) is 4.37. The molecule has 0 radical (unpaired) electrons. The Hall–Kier alpha value is -3.03. The number of hydrogen-bond donors (Lipinski definition) is 1. The van der Waals surface area contributed by atoms with Crippen LogP contribution in [0.25, 0.3) is 22.4 Å². The molecule has 0 unspecified atom stereocenters. The summed E-state index contributed by atoms with van der Waals surface area (Å²) in [6.07, 6.45) is 0. The summed E-state index contributed by atoms with van der Waals surface area (Å²) in [4.78, 5) is 15.0. The summed E-state index contributed by atoms with van der Waals surface area (Å²) in [6.45, 7) is 0. The van der Waals surface area contributed by atoms with Gasteiger partial charge in [0.25, 0.3) is 5.56 Å². The molecule has 0 amide bonds. The zero-order valence-electron chi connectivity index (χ0n) is 12.8. The smallest absolute Gasteiger partial charge is 0.266 e. The van der Waals surface area contributed by atoms with E-state index < -0.39 is 5.56 Å². The molecule has 0 atom stereocenters. The number of methoxy groups -OCH3 is 1. The summed E-state index contributed by atoms with van der Waals surface area (Å²) < 4.78 is 5.14. The monoisotopic (exact) mass is 336 g/mol. The number of aromatic amines is 1. The summed E-state index contributed by atoms with van der Waals surface area (Å²) >= 11 is 5.91. The number of H-pyrrole nitrogens is 1. The maximum atomic E-state index is 12.3. The van der Waals surface area contributed by atoms with Gasteiger partial charge in [0.15, 0.2) is 0 Å². The summed E-state index contributed by atoms with van der Waals surface area (Å²) in [5.74, 6) is 0.708. The molecule has 3 rings (SSSR count). The van der Waals surface area contributed by atoms with Gasteiger partial charge in [0.1, 0.15) is 17.4 Å². The number of nitrogens with one attached hydrogen (secondary N) is 1. The first-order valence-electron chi connectivity index (χ1n) is 7.20. The predicted octanol–water partition coefficient (Wildman–Crippen LogP) is 4.24. The summed E-state index contributed by atoms with van der Waals surface area (Å²) in [5, 5.41) is 9.96. The van der Waals surface area contributed by atoms with Crippen molar-refractivity contribution in [2.45, 2.75) is 0 Å². The van der Waals surface area contributed by atoms with Crippen LogP contribution in [-0.4, -0.2) is 12.1 Å². The lowest BCUT2D eigenvalue weighted by Gasteiger charge is -2.09. The van der Waals surface area contributed by atoms with Crippen LogP contribution in [0.4, 0.5) is 0 Å². The van der Waals surface area contributed by atoms with Gasteiger partial charge in [-0.1, -0.05) is 35.9 Å². The summed E-state index contributed by atoms with van der Waals surface area (Å²) in [6, 6.07) is 18.1. The average molecular weight is 337 g/mol. The highest BCUT2D eigenvalue weighted by Gasteiger charge is 2.12. The van der Waals surface area contributed by atoms with E-state index in [4.69, 9.17) is 16.3 Å². The van der Waals surface area contributed by atoms with Gasteiger partial charge in [-0.2, -0.15) is 5.26 Å². The van der Waals surface area contributed by atoms with E-state index in [0.29, 0.717) is 22.0 Å². The van der Waals surface area contributed by atoms with Crippen LogP contribution in [0.1, 0.15) is 5.56 Å². The number of aromatic nitrogens is 1. The van der Waals surface area contributed by atoms with E-state index in [1.165, 1.54) is 0 Å². The van der Waals surface area contributed by atoms with Crippen LogP contribution in [-0.2, 0) is 0 Å². The van der Waals surface area contributed by atoms with Crippen LogP contribution in [0.2, 0.25) is 5.02 Å². The third kappa shape index (κ3) is 3.03. The first-order valence-corrected chi connectivity index (χ1v) is 7.58. The van der Waals surface area contributed by atoms with Crippen LogP contribution < -0.4 is 10.3 Å². The minimum atomic E-state index is -0.421. The third-order valence-corrected chi connectivity index (χ3v) is 3.95. The van der Waals surface area contributed by atoms with Crippen LogP contribution in [0, 0.1) is 11.3 Å². The van der Waals surface area contributed by atoms with Gasteiger partial charge in [0.2, 0.25) is 0 Å². The summed E-state index contributed by atoms with van der Waals surface area (Å²) in [5.41, 5.74) is 2.45. The van der Waals surface area contributed by atoms with Crippen molar-refractivity contribution in [1.29, 1.82) is 5.26 Å². The van der Waals surface area contributed by atoms with E-state index in [0.717, 1.165) is 11.1 Å². The molecular formula is C19H13ClN2O2. The molecule has 0 saturated heterocycles. The van der Waals surface area contributed by atoms with Crippen molar-refractivity contribution >= 4 is 11.6 Å². The van der Waals surface area contributed by atoms with Gasteiger partial charge in [-0.05, 0) is 41.5 Å². The standard InChI is InChI=1S/C19H13ClN2O2/c1-24-15-8-4-12(5-9-15)16-10-18(22-19(23)17(16)11-21)13-2-6-14(20)7-3-13/h2-10H,1H3,(H,22,23). The molecule has 1 aromatic heterocycles. The zero-order valence-corrected chi connectivity index (χ0v) is 13.6. The van der Waals surface area contributed by atoms with E-state index in [1.54, 1.807) is 37.4 Å². The van der Waals surface area contributed by atoms with Crippen molar-refractivity contribution in [2.75, 3.05) is 7.11 Å². The Morgan fingerprint density at radius 3 is 2.25 bits per heavy atom. The Morgan fingerprint density at radius 2 is 1.67 bits per heavy atom. The molecule has 0 aliphatic heterocycles. The highest BCUT2D eigenvalue weighted by molar-refractivity contribution is 6.30. The van der Waals surface area contributed by atoms with Gasteiger partial charge in [-0.25, -0.2) is 0 Å². The highest BCUT2D eigenvalue weighted by Crippen LogP contribution is 2.28. The molecule has 5 heteroatoms. The molecule has 1 heterocycles. The molecule has 24 heavy (non-hydrogen) atoms. The minimum Gasteiger partial charge on any atom is -0.497 e. The zero-order chi connectivity index (χ0) is 17.1. The topological polar surface area (TPSA) is 65.9 Å². The number of nitrogens with zero attached hydrogens (tertiary/aromatic N) is 1. The molecular weight excluding hydrogens is 324 g/mol. The normalized spacial score (nSPS) is 10.2. The Morgan fingerprint density at radius 1 is 1.04 bits per heavy atom. The van der Waals surface area contributed by atoms with Gasteiger partial charge in [0.05, 0.1) is 7.11 Å². The maximum absolute atomic E-state index is 12.3. The van der Waals surface area contributed by atoms with Crippen molar-refractivity contribution < 1.29 is 4.74 Å². The second-order valence-corrected chi connectivity index (χ2v) is 5.58. The molecule has 0 fully saturated rings. The molecule has 1 N–H and O–H groups in total. The third-order valence-electron chi connectivity index (χ3n) is 3.70. The number of hydrogen-bond acceptors (Lipinski definition) is 3. The van der Waals surface area contributed by atoms with Crippen LogP contribution in [0.5, 0.6) is 5.75 Å². The average Bonchev–Trinajstić information content (AvgIpc) is 2.61. The van der Waals surface area contributed by atoms with Crippen LogP contribution in [0.15, 0.2) is 59.4 Å². The van der Waals surface area contributed by atoms with Gasteiger partial charge >= 0.3 is 0 Å². The van der Waals surface area contributed by atoms with E-state index in [1.807, 2.05) is 30.3 Å². The lowest BCUT2D eigenvalue weighted by atomic mass is 9.99. The van der Waals surface area contributed by atoms with Gasteiger partial charge in [-0.15, -0.1) is 0 Å². The molecule has 0 bridgehead atoms. The Labute approximate surface area is 143 Å². The molecule has 2 aromatic carbocycles. The second-order valence-electron chi connectivity index (χ2n) is 5.15.